The van der Waals surface area contributed by atoms with Gasteiger partial charge in [0, 0.05) is 11.6 Å². The van der Waals surface area contributed by atoms with Crippen molar-refractivity contribution in [2.75, 3.05) is 6.54 Å². The third-order valence-corrected chi connectivity index (χ3v) is 2.04. The predicted molar refractivity (Wildman–Crippen MR) is 39.5 cm³/mol. The summed E-state index contributed by atoms with van der Waals surface area (Å²) in [5.74, 6) is -1.47. The second kappa shape index (κ2) is 2.79. The Morgan fingerprint density at radius 3 is 2.67 bits per heavy atom. The van der Waals surface area contributed by atoms with Crippen molar-refractivity contribution in [2.24, 2.45) is 0 Å². The fourth-order valence-corrected chi connectivity index (χ4v) is 1.24. The minimum atomic E-state index is -0.768. The summed E-state index contributed by atoms with van der Waals surface area (Å²) in [4.78, 5) is 3.10. The number of aromatic nitrogens is 1. The summed E-state index contributed by atoms with van der Waals surface area (Å²) in [6.07, 6.45) is 0.893. The molecular formula is C8H8F2N2. The molecule has 1 aromatic heterocycles. The number of nitrogens with zero attached hydrogens (tertiary/aromatic N) is 1. The molecule has 1 saturated heterocycles. The summed E-state index contributed by atoms with van der Waals surface area (Å²) >= 11 is 0. The third kappa shape index (κ3) is 1.18. The van der Waals surface area contributed by atoms with Crippen LogP contribution in [-0.2, 0) is 0 Å². The Balaban J connectivity index is 2.31. The van der Waals surface area contributed by atoms with Gasteiger partial charge in [-0.3, -0.25) is 0 Å². The van der Waals surface area contributed by atoms with Crippen LogP contribution < -0.4 is 5.32 Å². The van der Waals surface area contributed by atoms with Crippen molar-refractivity contribution in [1.82, 2.24) is 10.3 Å². The SMILES string of the molecule is Fc1ccc([C@@H]2CCN2)c(F)n1. The van der Waals surface area contributed by atoms with E-state index in [-0.39, 0.29) is 6.04 Å². The number of hydrogen-bond donors (Lipinski definition) is 1. The van der Waals surface area contributed by atoms with Gasteiger partial charge in [0.1, 0.15) is 0 Å². The van der Waals surface area contributed by atoms with Crippen LogP contribution in [-0.4, -0.2) is 11.5 Å². The van der Waals surface area contributed by atoms with Crippen LogP contribution in [0, 0.1) is 11.9 Å². The van der Waals surface area contributed by atoms with Gasteiger partial charge in [-0.2, -0.15) is 13.8 Å². The van der Waals surface area contributed by atoms with Crippen molar-refractivity contribution < 1.29 is 8.78 Å². The topological polar surface area (TPSA) is 24.9 Å². The Kier molecular flexibility index (Phi) is 1.77. The molecule has 0 amide bonds. The first-order valence-electron chi connectivity index (χ1n) is 3.83. The average molecular weight is 170 g/mol. The van der Waals surface area contributed by atoms with Gasteiger partial charge < -0.3 is 5.32 Å². The first-order chi connectivity index (χ1) is 5.77. The van der Waals surface area contributed by atoms with Gasteiger partial charge in [-0.1, -0.05) is 0 Å². The molecule has 2 nitrogen and oxygen atoms in total. The molecule has 1 aliphatic heterocycles. The number of rotatable bonds is 1. The maximum absolute atomic E-state index is 12.9. The zero-order valence-corrected chi connectivity index (χ0v) is 6.35. The fraction of sp³-hybridized carbons (Fsp3) is 0.375. The van der Waals surface area contributed by atoms with E-state index < -0.39 is 11.9 Å². The highest BCUT2D eigenvalue weighted by molar-refractivity contribution is 5.18. The molecule has 1 aliphatic rings. The minimum absolute atomic E-state index is 0.0260. The lowest BCUT2D eigenvalue weighted by Crippen LogP contribution is -2.35. The lowest BCUT2D eigenvalue weighted by atomic mass is 10.00. The monoisotopic (exact) mass is 170 g/mol. The molecule has 2 rings (SSSR count). The lowest BCUT2D eigenvalue weighted by molar-refractivity contribution is 0.362. The van der Waals surface area contributed by atoms with Crippen molar-refractivity contribution in [3.8, 4) is 0 Å². The molecule has 0 aliphatic carbocycles. The van der Waals surface area contributed by atoms with E-state index in [4.69, 9.17) is 0 Å². The summed E-state index contributed by atoms with van der Waals surface area (Å²) in [5.41, 5.74) is 0.461. The first kappa shape index (κ1) is 7.61. The van der Waals surface area contributed by atoms with Crippen molar-refractivity contribution in [3.05, 3.63) is 29.6 Å². The van der Waals surface area contributed by atoms with E-state index in [2.05, 4.69) is 10.3 Å². The van der Waals surface area contributed by atoms with Crippen LogP contribution in [0.15, 0.2) is 12.1 Å². The summed E-state index contributed by atoms with van der Waals surface area (Å²) in [7, 11) is 0. The van der Waals surface area contributed by atoms with Crippen LogP contribution in [0.3, 0.4) is 0 Å². The summed E-state index contributed by atoms with van der Waals surface area (Å²) < 4.78 is 25.3. The van der Waals surface area contributed by atoms with Crippen LogP contribution in [0.4, 0.5) is 8.78 Å². The van der Waals surface area contributed by atoms with Gasteiger partial charge in [0.15, 0.2) is 0 Å². The van der Waals surface area contributed by atoms with Gasteiger partial charge in [0.2, 0.25) is 11.9 Å². The second-order valence-corrected chi connectivity index (χ2v) is 2.81. The van der Waals surface area contributed by atoms with Crippen molar-refractivity contribution in [1.29, 1.82) is 0 Å². The first-order valence-corrected chi connectivity index (χ1v) is 3.83. The van der Waals surface area contributed by atoms with E-state index in [1.54, 1.807) is 0 Å². The zero-order valence-electron chi connectivity index (χ0n) is 6.35. The number of pyridine rings is 1. The van der Waals surface area contributed by atoms with E-state index in [1.807, 2.05) is 0 Å². The maximum atomic E-state index is 12.9. The van der Waals surface area contributed by atoms with E-state index in [9.17, 15) is 8.78 Å². The Hall–Kier alpha value is -1.03. The Morgan fingerprint density at radius 1 is 1.42 bits per heavy atom. The number of halogens is 2. The minimum Gasteiger partial charge on any atom is -0.310 e. The molecule has 1 N–H and O–H groups in total. The molecule has 1 fully saturated rings. The molecule has 4 heteroatoms. The Bertz CT molecular complexity index is 297. The normalized spacial score (nSPS) is 22.0. The van der Waals surface area contributed by atoms with E-state index in [0.717, 1.165) is 13.0 Å². The highest BCUT2D eigenvalue weighted by atomic mass is 19.1. The highest BCUT2D eigenvalue weighted by Crippen LogP contribution is 2.23. The van der Waals surface area contributed by atoms with Crippen molar-refractivity contribution >= 4 is 0 Å². The van der Waals surface area contributed by atoms with Gasteiger partial charge in [-0.25, -0.2) is 0 Å². The Labute approximate surface area is 68.6 Å². The molecular weight excluding hydrogens is 162 g/mol. The third-order valence-electron chi connectivity index (χ3n) is 2.04. The number of nitrogens with one attached hydrogen (secondary N) is 1. The second-order valence-electron chi connectivity index (χ2n) is 2.81. The molecule has 0 aromatic carbocycles. The molecule has 0 saturated carbocycles. The van der Waals surface area contributed by atoms with Crippen LogP contribution in [0.2, 0.25) is 0 Å². The zero-order chi connectivity index (χ0) is 8.55. The molecule has 1 atom stereocenters. The maximum Gasteiger partial charge on any atom is 0.220 e. The molecule has 64 valence electrons. The standard InChI is InChI=1S/C8H8F2N2/c9-7-2-1-5(8(10)12-7)6-3-4-11-6/h1-2,6,11H,3-4H2/t6-/m0/s1. The van der Waals surface area contributed by atoms with Gasteiger partial charge in [0.25, 0.3) is 0 Å². The van der Waals surface area contributed by atoms with E-state index in [0.29, 0.717) is 5.56 Å². The Morgan fingerprint density at radius 2 is 2.17 bits per heavy atom. The van der Waals surface area contributed by atoms with Crippen molar-refractivity contribution in [2.45, 2.75) is 12.5 Å². The molecule has 2 heterocycles. The predicted octanol–water partition coefficient (Wildman–Crippen LogP) is 1.39. The van der Waals surface area contributed by atoms with Crippen LogP contribution >= 0.6 is 0 Å². The fourth-order valence-electron chi connectivity index (χ4n) is 1.24. The average Bonchev–Trinajstić information content (AvgIpc) is 1.91. The lowest BCUT2D eigenvalue weighted by Gasteiger charge is -2.27. The smallest absolute Gasteiger partial charge is 0.220 e. The summed E-state index contributed by atoms with van der Waals surface area (Å²) in [6.45, 7) is 0.890. The quantitative estimate of drug-likeness (QED) is 0.644. The summed E-state index contributed by atoms with van der Waals surface area (Å²) in [5, 5.41) is 3.02. The molecule has 0 spiro atoms. The summed E-state index contributed by atoms with van der Waals surface area (Å²) in [6, 6.07) is 2.64. The van der Waals surface area contributed by atoms with Gasteiger partial charge in [-0.15, -0.1) is 0 Å². The van der Waals surface area contributed by atoms with Crippen LogP contribution in [0.1, 0.15) is 18.0 Å². The molecule has 12 heavy (non-hydrogen) atoms. The van der Waals surface area contributed by atoms with Gasteiger partial charge >= 0.3 is 0 Å². The van der Waals surface area contributed by atoms with E-state index >= 15 is 0 Å². The molecule has 0 radical (unpaired) electrons. The number of hydrogen-bond acceptors (Lipinski definition) is 2. The molecule has 0 unspecified atom stereocenters. The van der Waals surface area contributed by atoms with Crippen LogP contribution in [0.25, 0.3) is 0 Å². The van der Waals surface area contributed by atoms with Crippen molar-refractivity contribution in [3.63, 3.8) is 0 Å². The highest BCUT2D eigenvalue weighted by Gasteiger charge is 2.22. The van der Waals surface area contributed by atoms with Gasteiger partial charge in [-0.05, 0) is 25.1 Å². The largest absolute Gasteiger partial charge is 0.310 e. The van der Waals surface area contributed by atoms with Crippen LogP contribution in [0.5, 0.6) is 0 Å². The molecule has 0 bridgehead atoms. The van der Waals surface area contributed by atoms with Gasteiger partial charge in [0.05, 0.1) is 0 Å². The molecule has 1 aromatic rings. The van der Waals surface area contributed by atoms with E-state index in [1.165, 1.54) is 12.1 Å².